The molecule has 1 saturated heterocycles. The summed E-state index contributed by atoms with van der Waals surface area (Å²) in [6.07, 6.45) is 1.03. The van der Waals surface area contributed by atoms with E-state index in [2.05, 4.69) is 10.3 Å². The van der Waals surface area contributed by atoms with Crippen LogP contribution in [0.4, 0.5) is 13.2 Å². The van der Waals surface area contributed by atoms with Crippen LogP contribution in [0.25, 0.3) is 0 Å². The second-order valence-corrected chi connectivity index (χ2v) is 10.8. The van der Waals surface area contributed by atoms with Crippen molar-refractivity contribution in [3.63, 3.8) is 0 Å². The van der Waals surface area contributed by atoms with Gasteiger partial charge in [-0.05, 0) is 86.3 Å². The predicted molar refractivity (Wildman–Crippen MR) is 152 cm³/mol. The van der Waals surface area contributed by atoms with E-state index in [1.165, 1.54) is 18.3 Å². The molecule has 1 N–H and O–H groups in total. The number of aromatic nitrogens is 1. The van der Waals surface area contributed by atoms with Crippen molar-refractivity contribution in [1.82, 2.24) is 15.2 Å². The number of nitrogens with zero attached hydrogens (tertiary/aromatic N) is 2. The van der Waals surface area contributed by atoms with Crippen LogP contribution in [0.3, 0.4) is 0 Å². The number of ether oxygens (including phenoxy) is 3. The average Bonchev–Trinajstić information content (AvgIpc) is 3.02. The van der Waals surface area contributed by atoms with Crippen molar-refractivity contribution in [3.8, 4) is 17.2 Å². The fourth-order valence-corrected chi connectivity index (χ4v) is 5.36. The highest BCUT2D eigenvalue weighted by Crippen LogP contribution is 2.31. The van der Waals surface area contributed by atoms with Gasteiger partial charge in [-0.25, -0.2) is 0 Å². The van der Waals surface area contributed by atoms with Gasteiger partial charge in [0.1, 0.15) is 29.0 Å². The van der Waals surface area contributed by atoms with Crippen molar-refractivity contribution < 1.29 is 37.0 Å². The third kappa shape index (κ3) is 7.97. The fourth-order valence-electron chi connectivity index (χ4n) is 5.36. The van der Waals surface area contributed by atoms with E-state index in [4.69, 9.17) is 14.2 Å². The molecule has 0 atom stereocenters. The molecule has 2 aromatic carbocycles. The molecule has 5 rings (SSSR count). The van der Waals surface area contributed by atoms with Crippen LogP contribution in [0.5, 0.6) is 17.2 Å². The molecule has 1 aliphatic heterocycles. The fraction of sp³-hybridized carbons (Fsp3) is 0.406. The first-order valence-corrected chi connectivity index (χ1v) is 14.4. The van der Waals surface area contributed by atoms with E-state index in [9.17, 15) is 22.8 Å². The zero-order chi connectivity index (χ0) is 30.4. The number of alkyl halides is 3. The van der Waals surface area contributed by atoms with Crippen LogP contribution < -0.4 is 19.5 Å². The lowest BCUT2D eigenvalue weighted by Crippen LogP contribution is -2.42. The molecule has 43 heavy (non-hydrogen) atoms. The number of likely N-dealkylation sites (tertiary alicyclic amines) is 1. The molecule has 0 radical (unpaired) electrons. The van der Waals surface area contributed by atoms with Gasteiger partial charge in [0, 0.05) is 38.2 Å². The van der Waals surface area contributed by atoms with E-state index < -0.39 is 11.7 Å². The van der Waals surface area contributed by atoms with Crippen LogP contribution in [0.15, 0.2) is 66.9 Å². The summed E-state index contributed by atoms with van der Waals surface area (Å²) in [4.78, 5) is 31.8. The third-order valence-electron chi connectivity index (χ3n) is 7.83. The number of carbonyl (C=O) groups is 2. The average molecular weight is 598 g/mol. The van der Waals surface area contributed by atoms with E-state index in [1.807, 2.05) is 24.3 Å². The smallest absolute Gasteiger partial charge is 0.416 e. The second-order valence-electron chi connectivity index (χ2n) is 10.8. The summed E-state index contributed by atoms with van der Waals surface area (Å²) in [6.45, 7) is 1.13. The first-order chi connectivity index (χ1) is 20.7. The third-order valence-corrected chi connectivity index (χ3v) is 7.83. The van der Waals surface area contributed by atoms with Crippen LogP contribution in [-0.4, -0.2) is 60.1 Å². The Morgan fingerprint density at radius 2 is 1.35 bits per heavy atom. The highest BCUT2D eigenvalue weighted by atomic mass is 19.4. The molecule has 3 aromatic rings. The van der Waals surface area contributed by atoms with Gasteiger partial charge in [-0.3, -0.25) is 14.6 Å². The zero-order valence-corrected chi connectivity index (χ0v) is 23.8. The maximum absolute atomic E-state index is 13.0. The number of carbonyl (C=O) groups excluding carboxylic acids is 2. The van der Waals surface area contributed by atoms with Crippen LogP contribution in [0.1, 0.15) is 64.9 Å². The van der Waals surface area contributed by atoms with Crippen LogP contribution in [-0.2, 0) is 6.18 Å². The number of piperidine rings is 1. The zero-order valence-electron chi connectivity index (χ0n) is 23.8. The molecule has 0 bridgehead atoms. The van der Waals surface area contributed by atoms with Gasteiger partial charge in [-0.1, -0.05) is 0 Å². The minimum absolute atomic E-state index is 0.0214. The first-order valence-electron chi connectivity index (χ1n) is 14.4. The van der Waals surface area contributed by atoms with Crippen molar-refractivity contribution in [2.45, 2.75) is 63.0 Å². The molecule has 8 nitrogen and oxygen atoms in total. The Morgan fingerprint density at radius 1 is 0.791 bits per heavy atom. The summed E-state index contributed by atoms with van der Waals surface area (Å²) in [7, 11) is 1.61. The number of methoxy groups -OCH3 is 1. The molecule has 1 aliphatic carbocycles. The number of hydrogen-bond donors (Lipinski definition) is 1. The lowest BCUT2D eigenvalue weighted by atomic mass is 9.92. The maximum atomic E-state index is 13.0. The topological polar surface area (TPSA) is 90.0 Å². The van der Waals surface area contributed by atoms with Crippen LogP contribution in [0.2, 0.25) is 0 Å². The summed E-state index contributed by atoms with van der Waals surface area (Å²) >= 11 is 0. The number of hydrogen-bond acceptors (Lipinski definition) is 6. The van der Waals surface area contributed by atoms with Gasteiger partial charge < -0.3 is 24.4 Å². The van der Waals surface area contributed by atoms with E-state index in [0.29, 0.717) is 62.9 Å². The Kier molecular flexibility index (Phi) is 9.37. The quantitative estimate of drug-likeness (QED) is 0.347. The Bertz CT molecular complexity index is 1370. The minimum Gasteiger partial charge on any atom is -0.497 e. The molecular weight excluding hydrogens is 563 g/mol. The Morgan fingerprint density at radius 3 is 1.88 bits per heavy atom. The van der Waals surface area contributed by atoms with E-state index in [1.54, 1.807) is 24.1 Å². The summed E-state index contributed by atoms with van der Waals surface area (Å²) in [5.41, 5.74) is -0.0630. The Labute approximate surface area is 248 Å². The predicted octanol–water partition coefficient (Wildman–Crippen LogP) is 5.91. The highest BCUT2D eigenvalue weighted by molar-refractivity contribution is 5.96. The number of halogens is 3. The van der Waals surface area contributed by atoms with Crippen molar-refractivity contribution in [3.05, 3.63) is 83.7 Å². The first kappa shape index (κ1) is 30.2. The Hall–Kier alpha value is -4.28. The molecule has 0 spiro atoms. The molecule has 0 unspecified atom stereocenters. The van der Waals surface area contributed by atoms with E-state index in [0.717, 1.165) is 23.6 Å². The summed E-state index contributed by atoms with van der Waals surface area (Å²) < 4.78 is 55.4. The maximum Gasteiger partial charge on any atom is 0.416 e. The van der Waals surface area contributed by atoms with Gasteiger partial charge in [-0.2, -0.15) is 13.2 Å². The highest BCUT2D eigenvalue weighted by Gasteiger charge is 2.31. The van der Waals surface area contributed by atoms with Crippen LogP contribution >= 0.6 is 0 Å². The molecule has 2 heterocycles. The number of nitrogens with one attached hydrogen (secondary N) is 1. The molecule has 2 aliphatic rings. The lowest BCUT2D eigenvalue weighted by Gasteiger charge is -2.32. The van der Waals surface area contributed by atoms with E-state index >= 15 is 0 Å². The monoisotopic (exact) mass is 597 g/mol. The summed E-state index contributed by atoms with van der Waals surface area (Å²) in [5, 5.41) is 2.99. The molecule has 2 fully saturated rings. The SMILES string of the molecule is COc1ccc(OC2CCN(C(=O)c3ccc(C(=O)NC4CCC(Oc5ccc(C(F)(F)F)cc5)CC4)nc3)CC2)cc1. The van der Waals surface area contributed by atoms with Gasteiger partial charge in [0.15, 0.2) is 0 Å². The largest absolute Gasteiger partial charge is 0.497 e. The van der Waals surface area contributed by atoms with Crippen molar-refractivity contribution in [2.75, 3.05) is 20.2 Å². The second kappa shape index (κ2) is 13.4. The Balaban J connectivity index is 1.04. The number of rotatable bonds is 8. The van der Waals surface area contributed by atoms with Gasteiger partial charge in [-0.15, -0.1) is 0 Å². The van der Waals surface area contributed by atoms with Crippen molar-refractivity contribution in [2.24, 2.45) is 0 Å². The summed E-state index contributed by atoms with van der Waals surface area (Å²) in [6, 6.07) is 15.2. The number of pyridine rings is 1. The normalized spacial score (nSPS) is 19.4. The van der Waals surface area contributed by atoms with Gasteiger partial charge >= 0.3 is 6.18 Å². The molecule has 1 saturated carbocycles. The van der Waals surface area contributed by atoms with Gasteiger partial charge in [0.2, 0.25) is 0 Å². The van der Waals surface area contributed by atoms with E-state index in [-0.39, 0.29) is 35.8 Å². The number of benzene rings is 2. The molecule has 228 valence electrons. The van der Waals surface area contributed by atoms with Crippen molar-refractivity contribution in [1.29, 1.82) is 0 Å². The van der Waals surface area contributed by atoms with Gasteiger partial charge in [0.05, 0.1) is 24.3 Å². The standard InChI is InChI=1S/C32H34F3N3O5/c1-41-24-11-13-27(14-12-24)43-28-16-18-38(19-17-28)31(40)21-2-15-29(36-20-21)30(39)37-23-5-9-26(10-6-23)42-25-7-3-22(4-8-25)32(33,34)35/h2-4,7-8,11-15,20,23,26,28H,5-6,9-10,16-19H2,1H3,(H,37,39). The van der Waals surface area contributed by atoms with Gasteiger partial charge in [0.25, 0.3) is 11.8 Å². The van der Waals surface area contributed by atoms with Crippen molar-refractivity contribution >= 4 is 11.8 Å². The van der Waals surface area contributed by atoms with Crippen LogP contribution in [0, 0.1) is 0 Å². The molecule has 1 aromatic heterocycles. The summed E-state index contributed by atoms with van der Waals surface area (Å²) in [5.74, 6) is 1.48. The molecule has 2 amide bonds. The lowest BCUT2D eigenvalue weighted by molar-refractivity contribution is -0.137. The minimum atomic E-state index is -4.38. The molecule has 11 heteroatoms. The number of amides is 2. The molecular formula is C32H34F3N3O5.